The second-order valence-electron chi connectivity index (χ2n) is 5.89. The minimum Gasteiger partial charge on any atom is -0.490 e. The summed E-state index contributed by atoms with van der Waals surface area (Å²) in [5.74, 6) is 0.333. The lowest BCUT2D eigenvalue weighted by Gasteiger charge is -2.19. The molecule has 0 heterocycles. The predicted octanol–water partition coefficient (Wildman–Crippen LogP) is 4.04. The Hall–Kier alpha value is -2.76. The fourth-order valence-electron chi connectivity index (χ4n) is 2.39. The minimum absolute atomic E-state index is 0.371. The molecule has 6 heteroatoms. The van der Waals surface area contributed by atoms with E-state index in [-0.39, 0.29) is 5.82 Å². The third-order valence-electron chi connectivity index (χ3n) is 3.67. The van der Waals surface area contributed by atoms with Crippen LogP contribution in [-0.2, 0) is 4.79 Å². The molecular formula is C20H25FN2O3. The van der Waals surface area contributed by atoms with E-state index in [1.165, 1.54) is 24.3 Å². The van der Waals surface area contributed by atoms with Crippen molar-refractivity contribution in [2.45, 2.75) is 32.7 Å². The topological polar surface area (TPSA) is 73.6 Å². The molecular weight excluding hydrogens is 335 g/mol. The maximum absolute atomic E-state index is 13.1. The smallest absolute Gasteiger partial charge is 0.244 e. The Balaban J connectivity index is 2.24. The zero-order valence-corrected chi connectivity index (χ0v) is 15.1. The monoisotopic (exact) mass is 360 g/mol. The van der Waals surface area contributed by atoms with Gasteiger partial charge in [0.05, 0.1) is 13.2 Å². The average molecular weight is 360 g/mol. The number of primary amides is 1. The molecule has 0 saturated carbocycles. The van der Waals surface area contributed by atoms with Crippen LogP contribution in [0.15, 0.2) is 42.5 Å². The van der Waals surface area contributed by atoms with E-state index in [9.17, 15) is 9.18 Å². The molecule has 0 fully saturated rings. The summed E-state index contributed by atoms with van der Waals surface area (Å²) in [7, 11) is 0. The van der Waals surface area contributed by atoms with Gasteiger partial charge in [0.15, 0.2) is 11.5 Å². The average Bonchev–Trinajstić information content (AvgIpc) is 2.64. The van der Waals surface area contributed by atoms with Crippen LogP contribution in [0.1, 0.15) is 38.3 Å². The Morgan fingerprint density at radius 1 is 1.04 bits per heavy atom. The number of benzene rings is 2. The Kier molecular flexibility index (Phi) is 7.26. The van der Waals surface area contributed by atoms with Crippen LogP contribution in [0.25, 0.3) is 0 Å². The highest BCUT2D eigenvalue weighted by Crippen LogP contribution is 2.32. The lowest BCUT2D eigenvalue weighted by molar-refractivity contribution is -0.118. The SMILES string of the molecule is CCCOc1ccc(NC(C(N)=O)c2ccc(F)cc2)cc1OCCC. The largest absolute Gasteiger partial charge is 0.490 e. The first-order valence-electron chi connectivity index (χ1n) is 8.76. The number of hydrogen-bond donors (Lipinski definition) is 2. The second kappa shape index (κ2) is 9.65. The van der Waals surface area contributed by atoms with E-state index in [4.69, 9.17) is 15.2 Å². The molecule has 0 bridgehead atoms. The number of carbonyl (C=O) groups excluding carboxylic acids is 1. The number of nitrogens with two attached hydrogens (primary N) is 1. The zero-order chi connectivity index (χ0) is 18.9. The number of amides is 1. The quantitative estimate of drug-likeness (QED) is 0.671. The lowest BCUT2D eigenvalue weighted by Crippen LogP contribution is -2.27. The van der Waals surface area contributed by atoms with Crippen molar-refractivity contribution in [1.82, 2.24) is 0 Å². The van der Waals surface area contributed by atoms with Crippen LogP contribution in [0.5, 0.6) is 11.5 Å². The molecule has 2 aromatic carbocycles. The highest BCUT2D eigenvalue weighted by molar-refractivity contribution is 5.84. The van der Waals surface area contributed by atoms with E-state index >= 15 is 0 Å². The van der Waals surface area contributed by atoms with Crippen molar-refractivity contribution in [3.8, 4) is 11.5 Å². The molecule has 0 aromatic heterocycles. The molecule has 3 N–H and O–H groups in total. The summed E-state index contributed by atoms with van der Waals surface area (Å²) in [5, 5.41) is 3.08. The van der Waals surface area contributed by atoms with Gasteiger partial charge >= 0.3 is 0 Å². The Morgan fingerprint density at radius 2 is 1.65 bits per heavy atom. The van der Waals surface area contributed by atoms with Gasteiger partial charge in [-0.1, -0.05) is 26.0 Å². The minimum atomic E-state index is -0.781. The summed E-state index contributed by atoms with van der Waals surface area (Å²) < 4.78 is 24.6. The molecule has 1 unspecified atom stereocenters. The molecule has 5 nitrogen and oxygen atoms in total. The predicted molar refractivity (Wildman–Crippen MR) is 100.0 cm³/mol. The number of carbonyl (C=O) groups is 1. The van der Waals surface area contributed by atoms with Crippen molar-refractivity contribution >= 4 is 11.6 Å². The molecule has 1 atom stereocenters. The molecule has 0 aliphatic heterocycles. The van der Waals surface area contributed by atoms with Gasteiger partial charge in [0, 0.05) is 11.8 Å². The van der Waals surface area contributed by atoms with Gasteiger partial charge in [0.2, 0.25) is 5.91 Å². The van der Waals surface area contributed by atoms with E-state index in [0.29, 0.717) is 36.0 Å². The number of rotatable bonds is 10. The number of ether oxygens (including phenoxy) is 2. The molecule has 0 spiro atoms. The van der Waals surface area contributed by atoms with Gasteiger partial charge in [-0.2, -0.15) is 0 Å². The van der Waals surface area contributed by atoms with E-state index in [2.05, 4.69) is 5.32 Å². The van der Waals surface area contributed by atoms with Crippen LogP contribution in [-0.4, -0.2) is 19.1 Å². The van der Waals surface area contributed by atoms with Gasteiger partial charge in [-0.15, -0.1) is 0 Å². The summed E-state index contributed by atoms with van der Waals surface area (Å²) in [6.45, 7) is 5.20. The van der Waals surface area contributed by atoms with Gasteiger partial charge in [-0.05, 0) is 42.7 Å². The van der Waals surface area contributed by atoms with Gasteiger partial charge in [-0.25, -0.2) is 4.39 Å². The van der Waals surface area contributed by atoms with Crippen molar-refractivity contribution in [1.29, 1.82) is 0 Å². The maximum Gasteiger partial charge on any atom is 0.244 e. The molecule has 140 valence electrons. The normalized spacial score (nSPS) is 11.7. The molecule has 26 heavy (non-hydrogen) atoms. The van der Waals surface area contributed by atoms with Gasteiger partial charge < -0.3 is 20.5 Å². The first-order valence-corrected chi connectivity index (χ1v) is 8.76. The van der Waals surface area contributed by atoms with E-state index in [0.717, 1.165) is 12.8 Å². The number of hydrogen-bond acceptors (Lipinski definition) is 4. The molecule has 0 radical (unpaired) electrons. The van der Waals surface area contributed by atoms with E-state index in [1.54, 1.807) is 18.2 Å². The summed E-state index contributed by atoms with van der Waals surface area (Å²) in [6, 6.07) is 10.2. The van der Waals surface area contributed by atoms with Crippen molar-refractivity contribution in [3.05, 3.63) is 53.8 Å². The Morgan fingerprint density at radius 3 is 2.23 bits per heavy atom. The standard InChI is InChI=1S/C20H25FN2O3/c1-3-11-25-17-10-9-16(13-18(17)26-12-4-2)23-19(20(22)24)14-5-7-15(21)8-6-14/h5-10,13,19,23H,3-4,11-12H2,1-2H3,(H2,22,24). The van der Waals surface area contributed by atoms with Gasteiger partial charge in [0.1, 0.15) is 11.9 Å². The molecule has 0 saturated heterocycles. The van der Waals surface area contributed by atoms with Crippen LogP contribution in [0.3, 0.4) is 0 Å². The van der Waals surface area contributed by atoms with Crippen LogP contribution in [0.4, 0.5) is 10.1 Å². The van der Waals surface area contributed by atoms with E-state index < -0.39 is 11.9 Å². The zero-order valence-electron chi connectivity index (χ0n) is 15.1. The number of halogens is 1. The van der Waals surface area contributed by atoms with E-state index in [1.807, 2.05) is 13.8 Å². The van der Waals surface area contributed by atoms with Gasteiger partial charge in [0.25, 0.3) is 0 Å². The Bertz CT molecular complexity index is 719. The fraction of sp³-hybridized carbons (Fsp3) is 0.350. The summed E-state index contributed by atoms with van der Waals surface area (Å²) in [6.07, 6.45) is 1.76. The van der Waals surface area contributed by atoms with Crippen molar-refractivity contribution in [2.75, 3.05) is 18.5 Å². The fourth-order valence-corrected chi connectivity index (χ4v) is 2.39. The second-order valence-corrected chi connectivity index (χ2v) is 5.89. The summed E-state index contributed by atoms with van der Waals surface area (Å²) in [5.41, 5.74) is 6.76. The highest BCUT2D eigenvalue weighted by Gasteiger charge is 2.18. The lowest BCUT2D eigenvalue weighted by atomic mass is 10.1. The molecule has 2 aromatic rings. The third kappa shape index (κ3) is 5.37. The molecule has 0 aliphatic rings. The van der Waals surface area contributed by atoms with Crippen LogP contribution >= 0.6 is 0 Å². The van der Waals surface area contributed by atoms with Crippen LogP contribution in [0.2, 0.25) is 0 Å². The van der Waals surface area contributed by atoms with Crippen LogP contribution < -0.4 is 20.5 Å². The highest BCUT2D eigenvalue weighted by atomic mass is 19.1. The van der Waals surface area contributed by atoms with Crippen molar-refractivity contribution < 1.29 is 18.7 Å². The molecule has 1 amide bonds. The third-order valence-corrected chi connectivity index (χ3v) is 3.67. The first-order chi connectivity index (χ1) is 12.5. The summed E-state index contributed by atoms with van der Waals surface area (Å²) in [4.78, 5) is 11.9. The van der Waals surface area contributed by atoms with Crippen molar-refractivity contribution in [2.24, 2.45) is 5.73 Å². The van der Waals surface area contributed by atoms with Crippen LogP contribution in [0, 0.1) is 5.82 Å². The number of anilines is 1. The summed E-state index contributed by atoms with van der Waals surface area (Å²) >= 11 is 0. The Labute approximate surface area is 153 Å². The molecule has 0 aliphatic carbocycles. The number of nitrogens with one attached hydrogen (secondary N) is 1. The molecule has 2 rings (SSSR count). The first kappa shape index (κ1) is 19.6. The maximum atomic E-state index is 13.1. The van der Waals surface area contributed by atoms with Gasteiger partial charge in [-0.3, -0.25) is 4.79 Å². The van der Waals surface area contributed by atoms with Crippen molar-refractivity contribution in [3.63, 3.8) is 0 Å².